The van der Waals surface area contributed by atoms with Crippen LogP contribution in [0.1, 0.15) is 27.2 Å². The maximum atomic E-state index is 12.7. The summed E-state index contributed by atoms with van der Waals surface area (Å²) in [5, 5.41) is 1.66. The summed E-state index contributed by atoms with van der Waals surface area (Å²) < 4.78 is 2.07. The van der Waals surface area contributed by atoms with Gasteiger partial charge >= 0.3 is 0 Å². The van der Waals surface area contributed by atoms with Crippen molar-refractivity contribution in [3.8, 4) is 0 Å². The molecule has 0 aliphatic carbocycles. The molecule has 0 aliphatic rings. The van der Waals surface area contributed by atoms with Crippen LogP contribution in [0.4, 0.5) is 0 Å². The predicted octanol–water partition coefficient (Wildman–Crippen LogP) is 3.80. The average Bonchev–Trinajstić information content (AvgIpc) is 3.00. The van der Waals surface area contributed by atoms with E-state index in [-0.39, 0.29) is 5.56 Å². The van der Waals surface area contributed by atoms with Crippen LogP contribution in [0.15, 0.2) is 11.0 Å². The second kappa shape index (κ2) is 5.47. The van der Waals surface area contributed by atoms with Crippen molar-refractivity contribution in [1.82, 2.24) is 14.5 Å². The highest BCUT2D eigenvalue weighted by Crippen LogP contribution is 2.26. The largest absolute Gasteiger partial charge is 0.323 e. The lowest BCUT2D eigenvalue weighted by Crippen LogP contribution is -2.22. The average molecular weight is 337 g/mol. The van der Waals surface area contributed by atoms with Gasteiger partial charge in [-0.15, -0.1) is 22.7 Å². The van der Waals surface area contributed by atoms with Crippen LogP contribution in [-0.4, -0.2) is 14.5 Å². The minimum absolute atomic E-state index is 0.0242. The topological polar surface area (TPSA) is 50.7 Å². The van der Waals surface area contributed by atoms with Gasteiger partial charge in [-0.2, -0.15) is 0 Å². The van der Waals surface area contributed by atoms with Crippen molar-refractivity contribution in [3.63, 3.8) is 0 Å². The summed E-state index contributed by atoms with van der Waals surface area (Å²) in [6.07, 6.45) is 2.83. The Morgan fingerprint density at radius 3 is 2.81 bits per heavy atom. The molecule has 0 unspecified atom stereocenters. The fourth-order valence-electron chi connectivity index (χ4n) is 2.23. The lowest BCUT2D eigenvalue weighted by molar-refractivity contribution is 0.730. The van der Waals surface area contributed by atoms with Gasteiger partial charge in [0.15, 0.2) is 4.77 Å². The molecular weight excluding hydrogens is 322 g/mol. The summed E-state index contributed by atoms with van der Waals surface area (Å²) in [4.78, 5) is 23.5. The van der Waals surface area contributed by atoms with Gasteiger partial charge in [0.1, 0.15) is 9.84 Å². The highest BCUT2D eigenvalue weighted by Gasteiger charge is 2.13. The minimum Gasteiger partial charge on any atom is -0.323 e. The number of H-pyrrole nitrogens is 1. The summed E-state index contributed by atoms with van der Waals surface area (Å²) in [7, 11) is 0. The van der Waals surface area contributed by atoms with Gasteiger partial charge in [-0.25, -0.2) is 4.98 Å². The first-order chi connectivity index (χ1) is 10.0. The number of nitrogens with zero attached hydrogens (tertiary/aromatic N) is 2. The quantitative estimate of drug-likeness (QED) is 0.740. The van der Waals surface area contributed by atoms with E-state index >= 15 is 0 Å². The van der Waals surface area contributed by atoms with Crippen LogP contribution in [0.3, 0.4) is 0 Å². The van der Waals surface area contributed by atoms with Crippen LogP contribution in [0.5, 0.6) is 0 Å². The predicted molar refractivity (Wildman–Crippen MR) is 91.3 cm³/mol. The van der Waals surface area contributed by atoms with Crippen molar-refractivity contribution in [2.24, 2.45) is 0 Å². The number of nitrogens with one attached hydrogen (secondary N) is 1. The third-order valence-corrected chi connectivity index (χ3v) is 6.12. The Morgan fingerprint density at radius 1 is 1.38 bits per heavy atom. The molecule has 0 amide bonds. The van der Waals surface area contributed by atoms with Crippen molar-refractivity contribution in [1.29, 1.82) is 0 Å². The molecular formula is C14H15N3OS3. The molecule has 4 nitrogen and oxygen atoms in total. The van der Waals surface area contributed by atoms with Crippen molar-refractivity contribution < 1.29 is 0 Å². The molecule has 1 N–H and O–H groups in total. The second-order valence-electron chi connectivity index (χ2n) is 4.88. The molecule has 3 aromatic heterocycles. The van der Waals surface area contributed by atoms with Gasteiger partial charge in [0.25, 0.3) is 5.56 Å². The lowest BCUT2D eigenvalue weighted by Gasteiger charge is -2.04. The number of hydrogen-bond acceptors (Lipinski definition) is 5. The molecule has 3 aromatic rings. The molecule has 3 rings (SSSR count). The molecule has 0 fully saturated rings. The first kappa shape index (κ1) is 14.6. The summed E-state index contributed by atoms with van der Waals surface area (Å²) >= 11 is 8.56. The molecule has 3 heterocycles. The molecule has 0 saturated heterocycles. The van der Waals surface area contributed by atoms with Crippen LogP contribution >= 0.6 is 34.9 Å². The number of hydrogen-bond donors (Lipinski definition) is 1. The summed E-state index contributed by atoms with van der Waals surface area (Å²) in [5.74, 6) is 0. The fraction of sp³-hybridized carbons (Fsp3) is 0.357. The fourth-order valence-corrected chi connectivity index (χ4v) is 4.44. The number of thiazole rings is 1. The lowest BCUT2D eigenvalue weighted by atomic mass is 10.2. The SMILES string of the molecule is CCc1cnc(Cn2c(=S)[nH]c3sc(C)c(C)c3c2=O)s1. The Labute approximate surface area is 135 Å². The number of fused-ring (bicyclic) bond motifs is 1. The standard InChI is InChI=1S/C14H15N3OS3/c1-4-9-5-15-10(21-9)6-17-13(18)11-7(2)8(3)20-12(11)16-14(17)19/h5H,4,6H2,1-3H3,(H,16,19). The van der Waals surface area contributed by atoms with Crippen molar-refractivity contribution >= 4 is 45.1 Å². The molecule has 0 spiro atoms. The molecule has 0 radical (unpaired) electrons. The van der Waals surface area contributed by atoms with Gasteiger partial charge < -0.3 is 4.98 Å². The van der Waals surface area contributed by atoms with E-state index in [1.165, 1.54) is 4.88 Å². The van der Waals surface area contributed by atoms with Gasteiger partial charge in [-0.05, 0) is 38.0 Å². The molecule has 0 aromatic carbocycles. The first-order valence-corrected chi connectivity index (χ1v) is 8.71. The van der Waals surface area contributed by atoms with E-state index in [1.807, 2.05) is 20.0 Å². The van der Waals surface area contributed by atoms with E-state index in [2.05, 4.69) is 16.9 Å². The van der Waals surface area contributed by atoms with Crippen molar-refractivity contribution in [2.75, 3.05) is 0 Å². The smallest absolute Gasteiger partial charge is 0.263 e. The molecule has 110 valence electrons. The molecule has 0 saturated carbocycles. The molecule has 7 heteroatoms. The third kappa shape index (κ3) is 2.49. The number of thiophene rings is 1. The Balaban J connectivity index is 2.16. The van der Waals surface area contributed by atoms with E-state index < -0.39 is 0 Å². The molecule has 0 aliphatic heterocycles. The van der Waals surface area contributed by atoms with Crippen LogP contribution in [-0.2, 0) is 13.0 Å². The van der Waals surface area contributed by atoms with E-state index in [1.54, 1.807) is 27.2 Å². The summed E-state index contributed by atoms with van der Waals surface area (Å²) in [6.45, 7) is 6.53. The van der Waals surface area contributed by atoms with Gasteiger partial charge in [0, 0.05) is 16.0 Å². The molecule has 0 bridgehead atoms. The number of aromatic nitrogens is 3. The van der Waals surface area contributed by atoms with E-state index in [9.17, 15) is 4.79 Å². The highest BCUT2D eigenvalue weighted by atomic mass is 32.1. The van der Waals surface area contributed by atoms with Crippen LogP contribution in [0.25, 0.3) is 10.2 Å². The summed E-state index contributed by atoms with van der Waals surface area (Å²) in [6, 6.07) is 0. The number of aromatic amines is 1. The monoisotopic (exact) mass is 337 g/mol. The van der Waals surface area contributed by atoms with Gasteiger partial charge in [0.2, 0.25) is 0 Å². The van der Waals surface area contributed by atoms with Gasteiger partial charge in [-0.1, -0.05) is 6.92 Å². The zero-order valence-electron chi connectivity index (χ0n) is 12.0. The maximum absolute atomic E-state index is 12.7. The van der Waals surface area contributed by atoms with Crippen LogP contribution < -0.4 is 5.56 Å². The Kier molecular flexibility index (Phi) is 3.81. The van der Waals surface area contributed by atoms with E-state index in [4.69, 9.17) is 12.2 Å². The van der Waals surface area contributed by atoms with Crippen LogP contribution in [0, 0.1) is 18.6 Å². The second-order valence-corrected chi connectivity index (χ2v) is 7.69. The number of rotatable bonds is 3. The maximum Gasteiger partial charge on any atom is 0.263 e. The molecule has 0 atom stereocenters. The van der Waals surface area contributed by atoms with Crippen molar-refractivity contribution in [2.45, 2.75) is 33.7 Å². The third-order valence-electron chi connectivity index (χ3n) is 3.55. The first-order valence-electron chi connectivity index (χ1n) is 6.67. The van der Waals surface area contributed by atoms with Crippen LogP contribution in [0.2, 0.25) is 0 Å². The van der Waals surface area contributed by atoms with Gasteiger partial charge in [0.05, 0.1) is 11.9 Å². The Hall–Kier alpha value is -1.31. The van der Waals surface area contributed by atoms with Gasteiger partial charge in [-0.3, -0.25) is 9.36 Å². The highest BCUT2D eigenvalue weighted by molar-refractivity contribution is 7.71. The van der Waals surface area contributed by atoms with E-state index in [0.717, 1.165) is 32.1 Å². The normalized spacial score (nSPS) is 11.4. The van der Waals surface area contributed by atoms with E-state index in [0.29, 0.717) is 11.3 Å². The summed E-state index contributed by atoms with van der Waals surface area (Å²) in [5.41, 5.74) is 1.01. The zero-order valence-corrected chi connectivity index (χ0v) is 14.5. The van der Waals surface area contributed by atoms with Crippen molar-refractivity contribution in [3.05, 3.63) is 41.6 Å². The Bertz CT molecular complexity index is 929. The number of aryl methyl sites for hydroxylation is 3. The zero-order chi connectivity index (χ0) is 15.1. The Morgan fingerprint density at radius 2 is 2.14 bits per heavy atom. The molecule has 21 heavy (non-hydrogen) atoms. The minimum atomic E-state index is -0.0242.